The third kappa shape index (κ3) is 9.12. The highest BCUT2D eigenvalue weighted by Gasteiger charge is 2.09. The number of nitrogens with zero attached hydrogens (tertiary/aromatic N) is 2. The minimum atomic E-state index is -0.381. The molecule has 1 atom stereocenters. The number of guanidine groups is 1. The van der Waals surface area contributed by atoms with Gasteiger partial charge in [-0.05, 0) is 50.1 Å². The lowest BCUT2D eigenvalue weighted by atomic mass is 10.1. The molecule has 1 unspecified atom stereocenters. The first-order valence-corrected chi connectivity index (χ1v) is 10.1. The number of hydrogen-bond donors (Lipinski definition) is 2. The largest absolute Gasteiger partial charge is 0.486 e. The van der Waals surface area contributed by atoms with Crippen molar-refractivity contribution >= 4 is 35.8 Å². The van der Waals surface area contributed by atoms with Gasteiger partial charge < -0.3 is 20.3 Å². The van der Waals surface area contributed by atoms with E-state index in [1.54, 1.807) is 37.2 Å². The summed E-state index contributed by atoms with van der Waals surface area (Å²) in [4.78, 5) is 18.2. The second-order valence-electron chi connectivity index (χ2n) is 7.16. The van der Waals surface area contributed by atoms with E-state index < -0.39 is 0 Å². The SMILES string of the molecule is CCNC(=NCC(C)Oc1ccccc1F)NCCc1cccc(C(=O)N(C)C)c1.I. The van der Waals surface area contributed by atoms with Crippen LogP contribution in [0.25, 0.3) is 0 Å². The number of carbonyl (C=O) groups is 1. The molecule has 170 valence electrons. The highest BCUT2D eigenvalue weighted by atomic mass is 127. The second-order valence-corrected chi connectivity index (χ2v) is 7.16. The first-order chi connectivity index (χ1) is 14.4. The van der Waals surface area contributed by atoms with Gasteiger partial charge in [0.1, 0.15) is 6.10 Å². The Morgan fingerprint density at radius 2 is 1.90 bits per heavy atom. The highest BCUT2D eigenvalue weighted by molar-refractivity contribution is 14.0. The van der Waals surface area contributed by atoms with Gasteiger partial charge >= 0.3 is 0 Å². The van der Waals surface area contributed by atoms with Crippen LogP contribution in [0.3, 0.4) is 0 Å². The number of rotatable bonds is 9. The van der Waals surface area contributed by atoms with Crippen molar-refractivity contribution in [1.82, 2.24) is 15.5 Å². The lowest BCUT2D eigenvalue weighted by Gasteiger charge is -2.16. The van der Waals surface area contributed by atoms with E-state index in [4.69, 9.17) is 4.74 Å². The molecule has 0 saturated carbocycles. The van der Waals surface area contributed by atoms with Crippen molar-refractivity contribution in [1.29, 1.82) is 0 Å². The molecule has 0 aliphatic carbocycles. The smallest absolute Gasteiger partial charge is 0.253 e. The number of aliphatic imine (C=N–C) groups is 1. The van der Waals surface area contributed by atoms with Crippen molar-refractivity contribution in [2.45, 2.75) is 26.4 Å². The summed E-state index contributed by atoms with van der Waals surface area (Å²) in [6.07, 6.45) is 0.478. The highest BCUT2D eigenvalue weighted by Crippen LogP contribution is 2.17. The number of halogens is 2. The summed E-state index contributed by atoms with van der Waals surface area (Å²) < 4.78 is 19.3. The van der Waals surface area contributed by atoms with Crippen LogP contribution in [0.2, 0.25) is 0 Å². The van der Waals surface area contributed by atoms with Crippen molar-refractivity contribution < 1.29 is 13.9 Å². The van der Waals surface area contributed by atoms with Gasteiger partial charge in [-0.25, -0.2) is 9.38 Å². The van der Waals surface area contributed by atoms with E-state index in [9.17, 15) is 9.18 Å². The van der Waals surface area contributed by atoms with Crippen molar-refractivity contribution in [3.05, 3.63) is 65.5 Å². The summed E-state index contributed by atoms with van der Waals surface area (Å²) in [5, 5.41) is 6.48. The molecule has 0 aromatic heterocycles. The first kappa shape index (κ1) is 26.7. The van der Waals surface area contributed by atoms with Crippen LogP contribution in [0.4, 0.5) is 4.39 Å². The van der Waals surface area contributed by atoms with Crippen molar-refractivity contribution in [3.8, 4) is 5.75 Å². The number of ether oxygens (including phenoxy) is 1. The Kier molecular flexibility index (Phi) is 11.9. The molecule has 0 spiro atoms. The van der Waals surface area contributed by atoms with Gasteiger partial charge in [0.25, 0.3) is 5.91 Å². The molecule has 0 bridgehead atoms. The molecule has 6 nitrogen and oxygen atoms in total. The van der Waals surface area contributed by atoms with Crippen LogP contribution in [-0.2, 0) is 6.42 Å². The summed E-state index contributed by atoms with van der Waals surface area (Å²) >= 11 is 0. The summed E-state index contributed by atoms with van der Waals surface area (Å²) in [5.74, 6) is 0.504. The molecule has 0 heterocycles. The van der Waals surface area contributed by atoms with E-state index in [-0.39, 0.29) is 47.6 Å². The second kappa shape index (κ2) is 13.8. The molecule has 8 heteroatoms. The number of amides is 1. The standard InChI is InChI=1S/C23H31FN4O2.HI/c1-5-25-23(27-16-17(2)30-21-12-7-6-11-20(21)24)26-14-13-18-9-8-10-19(15-18)22(29)28(3)4;/h6-12,15,17H,5,13-14,16H2,1-4H3,(H2,25,26,27);1H. The minimum Gasteiger partial charge on any atom is -0.486 e. The average Bonchev–Trinajstić information content (AvgIpc) is 2.73. The van der Waals surface area contributed by atoms with Gasteiger partial charge in [-0.3, -0.25) is 4.79 Å². The lowest BCUT2D eigenvalue weighted by molar-refractivity contribution is 0.0827. The van der Waals surface area contributed by atoms with Crippen LogP contribution in [0.15, 0.2) is 53.5 Å². The van der Waals surface area contributed by atoms with Crippen LogP contribution >= 0.6 is 24.0 Å². The van der Waals surface area contributed by atoms with E-state index in [1.807, 2.05) is 38.1 Å². The zero-order chi connectivity index (χ0) is 21.9. The Hall–Kier alpha value is -2.36. The Balaban J connectivity index is 0.00000480. The van der Waals surface area contributed by atoms with Gasteiger partial charge in [0, 0.05) is 32.7 Å². The third-order valence-corrected chi connectivity index (χ3v) is 4.30. The number of benzene rings is 2. The number of nitrogens with one attached hydrogen (secondary N) is 2. The average molecular weight is 542 g/mol. The summed E-state index contributed by atoms with van der Waals surface area (Å²) in [7, 11) is 3.49. The van der Waals surface area contributed by atoms with E-state index in [0.29, 0.717) is 24.6 Å². The zero-order valence-electron chi connectivity index (χ0n) is 18.5. The maximum Gasteiger partial charge on any atom is 0.253 e. The molecule has 2 N–H and O–H groups in total. The zero-order valence-corrected chi connectivity index (χ0v) is 20.9. The van der Waals surface area contributed by atoms with Crippen molar-refractivity contribution in [2.75, 3.05) is 33.7 Å². The predicted molar refractivity (Wildman–Crippen MR) is 134 cm³/mol. The number of hydrogen-bond acceptors (Lipinski definition) is 3. The summed E-state index contributed by atoms with van der Waals surface area (Å²) in [5.41, 5.74) is 1.75. The maximum absolute atomic E-state index is 13.7. The first-order valence-electron chi connectivity index (χ1n) is 10.1. The van der Waals surface area contributed by atoms with Gasteiger partial charge in [-0.15, -0.1) is 24.0 Å². The lowest BCUT2D eigenvalue weighted by Crippen LogP contribution is -2.39. The molecule has 0 aliphatic rings. The number of para-hydroxylation sites is 1. The molecule has 0 fully saturated rings. The van der Waals surface area contributed by atoms with Crippen LogP contribution < -0.4 is 15.4 Å². The molecule has 2 aromatic carbocycles. The van der Waals surface area contributed by atoms with Crippen LogP contribution in [-0.4, -0.2) is 56.6 Å². The Morgan fingerprint density at radius 3 is 2.58 bits per heavy atom. The normalized spacial score (nSPS) is 11.8. The monoisotopic (exact) mass is 542 g/mol. The molecule has 2 rings (SSSR count). The Morgan fingerprint density at radius 1 is 1.16 bits per heavy atom. The quantitative estimate of drug-likeness (QED) is 0.288. The van der Waals surface area contributed by atoms with Gasteiger partial charge in [0.05, 0.1) is 6.54 Å². The molecule has 2 aromatic rings. The fraction of sp³-hybridized carbons (Fsp3) is 0.391. The van der Waals surface area contributed by atoms with Crippen LogP contribution in [0, 0.1) is 5.82 Å². The summed E-state index contributed by atoms with van der Waals surface area (Å²) in [6.45, 7) is 5.62. The van der Waals surface area contributed by atoms with E-state index in [1.165, 1.54) is 6.07 Å². The molecular formula is C23H32FIN4O2. The van der Waals surface area contributed by atoms with E-state index in [2.05, 4.69) is 15.6 Å². The number of carbonyl (C=O) groups excluding carboxylic acids is 1. The Bertz CT molecular complexity index is 861. The molecule has 1 amide bonds. The predicted octanol–water partition coefficient (Wildman–Crippen LogP) is 3.71. The molecule has 0 radical (unpaired) electrons. The molecule has 31 heavy (non-hydrogen) atoms. The van der Waals surface area contributed by atoms with Crippen LogP contribution in [0.5, 0.6) is 5.75 Å². The van der Waals surface area contributed by atoms with E-state index >= 15 is 0 Å². The minimum absolute atomic E-state index is 0. The van der Waals surface area contributed by atoms with Gasteiger partial charge in [0.15, 0.2) is 17.5 Å². The summed E-state index contributed by atoms with van der Waals surface area (Å²) in [6, 6.07) is 14.0. The Labute approximate surface area is 201 Å². The molecule has 0 aliphatic heterocycles. The van der Waals surface area contributed by atoms with Crippen molar-refractivity contribution in [2.24, 2.45) is 4.99 Å². The molecule has 0 saturated heterocycles. The topological polar surface area (TPSA) is 66.0 Å². The van der Waals surface area contributed by atoms with Crippen LogP contribution in [0.1, 0.15) is 29.8 Å². The van der Waals surface area contributed by atoms with Gasteiger partial charge in [-0.2, -0.15) is 0 Å². The third-order valence-electron chi connectivity index (χ3n) is 4.30. The van der Waals surface area contributed by atoms with Gasteiger partial charge in [-0.1, -0.05) is 24.3 Å². The fourth-order valence-corrected chi connectivity index (χ4v) is 2.80. The van der Waals surface area contributed by atoms with Crippen molar-refractivity contribution in [3.63, 3.8) is 0 Å². The van der Waals surface area contributed by atoms with E-state index in [0.717, 1.165) is 18.5 Å². The fourth-order valence-electron chi connectivity index (χ4n) is 2.80. The van der Waals surface area contributed by atoms with Gasteiger partial charge in [0.2, 0.25) is 0 Å². The molecular weight excluding hydrogens is 510 g/mol. The maximum atomic E-state index is 13.7.